The molecule has 0 bridgehead atoms. The van der Waals surface area contributed by atoms with Crippen LogP contribution in [-0.2, 0) is 6.42 Å². The van der Waals surface area contributed by atoms with Gasteiger partial charge in [-0.1, -0.05) is 6.07 Å². The van der Waals surface area contributed by atoms with Gasteiger partial charge in [-0.15, -0.1) is 0 Å². The van der Waals surface area contributed by atoms with Crippen LogP contribution in [0.15, 0.2) is 29.0 Å². The van der Waals surface area contributed by atoms with E-state index in [0.717, 1.165) is 30.9 Å². The number of halogens is 2. The minimum absolute atomic E-state index is 0.123. The maximum absolute atomic E-state index is 13.3. The van der Waals surface area contributed by atoms with Crippen LogP contribution in [-0.4, -0.2) is 28.9 Å². The van der Waals surface area contributed by atoms with Crippen molar-refractivity contribution in [2.45, 2.75) is 32.6 Å². The van der Waals surface area contributed by atoms with Gasteiger partial charge in [0.1, 0.15) is 0 Å². The molecule has 3 rings (SSSR count). The Kier molecular flexibility index (Phi) is 4.92. The second-order valence-corrected chi connectivity index (χ2v) is 6.31. The summed E-state index contributed by atoms with van der Waals surface area (Å²) in [5, 5.41) is 0. The second-order valence-electron chi connectivity index (χ2n) is 6.31. The predicted molar refractivity (Wildman–Crippen MR) is 84.5 cm³/mol. The second kappa shape index (κ2) is 7.11. The third kappa shape index (κ3) is 3.63. The molecule has 0 aliphatic carbocycles. The van der Waals surface area contributed by atoms with Crippen molar-refractivity contribution < 1.29 is 18.0 Å². The lowest BCUT2D eigenvalue weighted by molar-refractivity contribution is 0.0635. The molecular weight excluding hydrogens is 314 g/mol. The summed E-state index contributed by atoms with van der Waals surface area (Å²) >= 11 is 0. The van der Waals surface area contributed by atoms with Gasteiger partial charge in [0.05, 0.1) is 5.69 Å². The topological polar surface area (TPSA) is 46.3 Å². The van der Waals surface area contributed by atoms with Crippen molar-refractivity contribution in [1.82, 2.24) is 9.88 Å². The maximum Gasteiger partial charge on any atom is 0.291 e. The minimum atomic E-state index is -0.824. The van der Waals surface area contributed by atoms with E-state index >= 15 is 0 Å². The van der Waals surface area contributed by atoms with Gasteiger partial charge in [0, 0.05) is 13.1 Å². The van der Waals surface area contributed by atoms with Crippen molar-refractivity contribution in [2.24, 2.45) is 5.92 Å². The summed E-state index contributed by atoms with van der Waals surface area (Å²) in [6.45, 7) is 3.12. The van der Waals surface area contributed by atoms with Crippen molar-refractivity contribution in [3.63, 3.8) is 0 Å². The molecule has 128 valence electrons. The molecule has 0 unspecified atom stereocenters. The number of hydrogen-bond acceptors (Lipinski definition) is 3. The van der Waals surface area contributed by atoms with Gasteiger partial charge >= 0.3 is 0 Å². The van der Waals surface area contributed by atoms with E-state index in [2.05, 4.69) is 4.98 Å². The lowest BCUT2D eigenvalue weighted by Crippen LogP contribution is -2.40. The Morgan fingerprint density at radius 2 is 2.21 bits per heavy atom. The Balaban J connectivity index is 1.58. The summed E-state index contributed by atoms with van der Waals surface area (Å²) in [6.07, 6.45) is 4.76. The SMILES string of the molecule is Cc1ncoc1C(=O)N1CCC[C@@H](CCc2ccc(F)c(F)c2)C1. The van der Waals surface area contributed by atoms with Crippen molar-refractivity contribution in [1.29, 1.82) is 0 Å². The number of benzene rings is 1. The van der Waals surface area contributed by atoms with Crippen LogP contribution < -0.4 is 0 Å². The Morgan fingerprint density at radius 3 is 2.92 bits per heavy atom. The molecule has 1 fully saturated rings. The molecule has 2 heterocycles. The lowest BCUT2D eigenvalue weighted by atomic mass is 9.91. The van der Waals surface area contributed by atoms with E-state index in [0.29, 0.717) is 36.9 Å². The first-order chi connectivity index (χ1) is 11.5. The van der Waals surface area contributed by atoms with E-state index in [1.54, 1.807) is 17.9 Å². The van der Waals surface area contributed by atoms with E-state index < -0.39 is 11.6 Å². The summed E-state index contributed by atoms with van der Waals surface area (Å²) in [4.78, 5) is 18.2. The van der Waals surface area contributed by atoms with Gasteiger partial charge < -0.3 is 9.32 Å². The fraction of sp³-hybridized carbons (Fsp3) is 0.444. The predicted octanol–water partition coefficient (Wildman–Crippen LogP) is 3.75. The summed E-state index contributed by atoms with van der Waals surface area (Å²) in [5.41, 5.74) is 1.38. The number of aromatic nitrogens is 1. The third-order valence-corrected chi connectivity index (χ3v) is 4.57. The average molecular weight is 334 g/mol. The number of hydrogen-bond donors (Lipinski definition) is 0. The van der Waals surface area contributed by atoms with E-state index in [1.165, 1.54) is 12.5 Å². The number of oxazole rings is 1. The van der Waals surface area contributed by atoms with Crippen molar-refractivity contribution in [2.75, 3.05) is 13.1 Å². The van der Waals surface area contributed by atoms with Gasteiger partial charge in [-0.05, 0) is 56.2 Å². The monoisotopic (exact) mass is 334 g/mol. The van der Waals surface area contributed by atoms with E-state index in [4.69, 9.17) is 4.42 Å². The zero-order valence-corrected chi connectivity index (χ0v) is 13.6. The lowest BCUT2D eigenvalue weighted by Gasteiger charge is -2.32. The summed E-state index contributed by atoms with van der Waals surface area (Å²) < 4.78 is 31.4. The highest BCUT2D eigenvalue weighted by Gasteiger charge is 2.27. The Labute approximate surface area is 139 Å². The normalized spacial score (nSPS) is 18.0. The highest BCUT2D eigenvalue weighted by Crippen LogP contribution is 2.24. The van der Waals surface area contributed by atoms with Gasteiger partial charge in [0.2, 0.25) is 5.76 Å². The van der Waals surface area contributed by atoms with Crippen LogP contribution in [0.1, 0.15) is 41.1 Å². The van der Waals surface area contributed by atoms with Gasteiger partial charge in [-0.3, -0.25) is 4.79 Å². The number of amides is 1. The van der Waals surface area contributed by atoms with E-state index in [9.17, 15) is 13.6 Å². The number of likely N-dealkylation sites (tertiary alicyclic amines) is 1. The zero-order chi connectivity index (χ0) is 17.1. The molecular formula is C18H20F2N2O2. The molecule has 0 radical (unpaired) electrons. The first-order valence-electron chi connectivity index (χ1n) is 8.18. The number of piperidine rings is 1. The van der Waals surface area contributed by atoms with Crippen molar-refractivity contribution in [3.05, 3.63) is 53.2 Å². The van der Waals surface area contributed by atoms with Crippen LogP contribution in [0.5, 0.6) is 0 Å². The smallest absolute Gasteiger partial charge is 0.291 e. The standard InChI is InChI=1S/C18H20F2N2O2/c1-12-17(24-11-21-12)18(23)22-8-2-3-14(10-22)5-4-13-6-7-15(19)16(20)9-13/h6-7,9,11,14H,2-5,8,10H2,1H3/t14-/m0/s1. The van der Waals surface area contributed by atoms with Crippen LogP contribution in [0.4, 0.5) is 8.78 Å². The zero-order valence-electron chi connectivity index (χ0n) is 13.6. The molecule has 1 amide bonds. The molecule has 1 aromatic carbocycles. The molecule has 1 aromatic heterocycles. The number of aryl methyl sites for hydroxylation is 2. The van der Waals surface area contributed by atoms with Crippen LogP contribution >= 0.6 is 0 Å². The molecule has 2 aromatic rings. The van der Waals surface area contributed by atoms with E-state index in [1.807, 2.05) is 0 Å². The molecule has 6 heteroatoms. The van der Waals surface area contributed by atoms with Gasteiger partial charge in [0.15, 0.2) is 18.0 Å². The van der Waals surface area contributed by atoms with Gasteiger partial charge in [-0.25, -0.2) is 13.8 Å². The quantitative estimate of drug-likeness (QED) is 0.855. The Bertz CT molecular complexity index is 730. The fourth-order valence-corrected chi connectivity index (χ4v) is 3.20. The average Bonchev–Trinajstić information content (AvgIpc) is 3.01. The van der Waals surface area contributed by atoms with Gasteiger partial charge in [0.25, 0.3) is 5.91 Å². The molecule has 4 nitrogen and oxygen atoms in total. The molecule has 24 heavy (non-hydrogen) atoms. The number of carbonyl (C=O) groups is 1. The van der Waals surface area contributed by atoms with Crippen LogP contribution in [0, 0.1) is 24.5 Å². The number of carbonyl (C=O) groups excluding carboxylic acids is 1. The Hall–Kier alpha value is -2.24. The highest BCUT2D eigenvalue weighted by molar-refractivity contribution is 5.92. The van der Waals surface area contributed by atoms with Crippen LogP contribution in [0.2, 0.25) is 0 Å². The van der Waals surface area contributed by atoms with E-state index in [-0.39, 0.29) is 5.91 Å². The molecule has 0 spiro atoms. The largest absolute Gasteiger partial charge is 0.438 e. The minimum Gasteiger partial charge on any atom is -0.438 e. The molecule has 0 saturated carbocycles. The van der Waals surface area contributed by atoms with Crippen molar-refractivity contribution >= 4 is 5.91 Å². The van der Waals surface area contributed by atoms with Crippen LogP contribution in [0.25, 0.3) is 0 Å². The Morgan fingerprint density at radius 1 is 1.38 bits per heavy atom. The summed E-state index contributed by atoms with van der Waals surface area (Å²) in [5.74, 6) is -1.11. The first-order valence-corrected chi connectivity index (χ1v) is 8.18. The molecule has 1 atom stereocenters. The number of nitrogens with zero attached hydrogens (tertiary/aromatic N) is 2. The maximum atomic E-state index is 13.3. The molecule has 1 aliphatic heterocycles. The molecule has 0 N–H and O–H groups in total. The number of rotatable bonds is 4. The first kappa shape index (κ1) is 16.6. The summed E-state index contributed by atoms with van der Waals surface area (Å²) in [6, 6.07) is 4.02. The fourth-order valence-electron chi connectivity index (χ4n) is 3.20. The summed E-state index contributed by atoms with van der Waals surface area (Å²) in [7, 11) is 0. The van der Waals surface area contributed by atoms with Crippen LogP contribution in [0.3, 0.4) is 0 Å². The van der Waals surface area contributed by atoms with Crippen molar-refractivity contribution in [3.8, 4) is 0 Å². The molecule has 1 saturated heterocycles. The van der Waals surface area contributed by atoms with Gasteiger partial charge in [-0.2, -0.15) is 0 Å². The highest BCUT2D eigenvalue weighted by atomic mass is 19.2. The molecule has 1 aliphatic rings. The third-order valence-electron chi connectivity index (χ3n) is 4.57.